The normalized spacial score (nSPS) is 20.7. The highest BCUT2D eigenvalue weighted by atomic mass is 16.6. The van der Waals surface area contributed by atoms with Gasteiger partial charge in [-0.1, -0.05) is 78.9 Å². The third-order valence-electron chi connectivity index (χ3n) is 6.46. The third-order valence-corrected chi connectivity index (χ3v) is 6.46. The molecule has 3 aromatic rings. The molecule has 1 N–H and O–H groups in total. The van der Waals surface area contributed by atoms with E-state index in [1.54, 1.807) is 24.3 Å². The highest BCUT2D eigenvalue weighted by Crippen LogP contribution is 2.32. The van der Waals surface area contributed by atoms with Crippen LogP contribution in [0.5, 0.6) is 5.75 Å². The molecule has 2 atom stereocenters. The fourth-order valence-corrected chi connectivity index (χ4v) is 4.57. The van der Waals surface area contributed by atoms with E-state index in [0.717, 1.165) is 36.2 Å². The van der Waals surface area contributed by atoms with E-state index in [-0.39, 0.29) is 6.10 Å². The molecule has 3 aromatic carbocycles. The summed E-state index contributed by atoms with van der Waals surface area (Å²) in [6, 6.07) is 27.8. The van der Waals surface area contributed by atoms with E-state index in [0.29, 0.717) is 24.3 Å². The number of likely N-dealkylation sites (tertiary alicyclic amines) is 1. The smallest absolute Gasteiger partial charge is 0.348 e. The standard InChI is InChI=1S/C28H32NO4/c1-29(20-21-32-25-16-9-4-10-17-25)19-11-18-26(22-29)33-27(30)28(31,23-12-5-2-6-13-23)24-14-7-3-8-15-24/h2-10,12-17,26,31H,11,18-22H2,1H3/q+1/t26-,29?/m1/s1. The predicted octanol–water partition coefficient (Wildman–Crippen LogP) is 4.15. The van der Waals surface area contributed by atoms with Crippen molar-refractivity contribution < 1.29 is 23.9 Å². The van der Waals surface area contributed by atoms with Crippen molar-refractivity contribution in [2.24, 2.45) is 0 Å². The fourth-order valence-electron chi connectivity index (χ4n) is 4.57. The minimum absolute atomic E-state index is 0.257. The van der Waals surface area contributed by atoms with Crippen LogP contribution in [0.4, 0.5) is 0 Å². The van der Waals surface area contributed by atoms with Crippen LogP contribution in [-0.2, 0) is 15.1 Å². The molecular formula is C28H32NO4+. The largest absolute Gasteiger partial charge is 0.488 e. The number of hydrogen-bond acceptors (Lipinski definition) is 4. The second-order valence-electron chi connectivity index (χ2n) is 9.02. The molecule has 0 spiro atoms. The molecule has 1 unspecified atom stereocenters. The molecule has 5 nitrogen and oxygen atoms in total. The monoisotopic (exact) mass is 446 g/mol. The fraction of sp³-hybridized carbons (Fsp3) is 0.321. The SMILES string of the molecule is C[N+]1(CCOc2ccccc2)CCC[C@@H](OC(=O)C(O)(c2ccccc2)c2ccccc2)C1. The number of quaternary nitrogens is 1. The summed E-state index contributed by atoms with van der Waals surface area (Å²) in [7, 11) is 2.18. The number of nitrogens with zero attached hydrogens (tertiary/aromatic N) is 1. The maximum Gasteiger partial charge on any atom is 0.348 e. The number of benzene rings is 3. The van der Waals surface area contributed by atoms with Crippen LogP contribution in [-0.4, -0.2) is 55.0 Å². The van der Waals surface area contributed by atoms with Gasteiger partial charge in [0.15, 0.2) is 6.10 Å². The van der Waals surface area contributed by atoms with E-state index >= 15 is 0 Å². The van der Waals surface area contributed by atoms with Crippen molar-refractivity contribution in [1.82, 2.24) is 0 Å². The van der Waals surface area contributed by atoms with Gasteiger partial charge in [0, 0.05) is 6.42 Å². The van der Waals surface area contributed by atoms with E-state index in [9.17, 15) is 9.90 Å². The van der Waals surface area contributed by atoms with Gasteiger partial charge < -0.3 is 19.1 Å². The molecule has 1 aliphatic heterocycles. The molecule has 0 aliphatic carbocycles. The number of rotatable bonds is 8. The van der Waals surface area contributed by atoms with E-state index in [1.807, 2.05) is 66.7 Å². The Morgan fingerprint density at radius 3 is 2.06 bits per heavy atom. The van der Waals surface area contributed by atoms with Crippen molar-refractivity contribution in [3.05, 3.63) is 102 Å². The first kappa shape index (κ1) is 23.0. The summed E-state index contributed by atoms with van der Waals surface area (Å²) >= 11 is 0. The first-order chi connectivity index (χ1) is 16.0. The second-order valence-corrected chi connectivity index (χ2v) is 9.02. The van der Waals surface area contributed by atoms with Crippen LogP contribution in [0.25, 0.3) is 0 Å². The Balaban J connectivity index is 1.44. The van der Waals surface area contributed by atoms with Crippen LogP contribution < -0.4 is 4.74 Å². The average molecular weight is 447 g/mol. The summed E-state index contributed by atoms with van der Waals surface area (Å²) in [6.45, 7) is 3.13. The van der Waals surface area contributed by atoms with E-state index in [4.69, 9.17) is 9.47 Å². The molecule has 4 rings (SSSR count). The molecule has 172 valence electrons. The molecule has 0 aromatic heterocycles. The summed E-state index contributed by atoms with van der Waals surface area (Å²) in [6.07, 6.45) is 1.49. The molecular weight excluding hydrogens is 414 g/mol. The Bertz CT molecular complexity index is 986. The van der Waals surface area contributed by atoms with Gasteiger partial charge in [0.25, 0.3) is 0 Å². The van der Waals surface area contributed by atoms with Crippen molar-refractivity contribution in [1.29, 1.82) is 0 Å². The van der Waals surface area contributed by atoms with Gasteiger partial charge in [-0.15, -0.1) is 0 Å². The van der Waals surface area contributed by atoms with Crippen LogP contribution in [0.2, 0.25) is 0 Å². The molecule has 0 amide bonds. The number of para-hydroxylation sites is 1. The molecule has 1 saturated heterocycles. The molecule has 0 radical (unpaired) electrons. The van der Waals surface area contributed by atoms with Crippen molar-refractivity contribution >= 4 is 5.97 Å². The van der Waals surface area contributed by atoms with Gasteiger partial charge in [-0.25, -0.2) is 4.79 Å². The Morgan fingerprint density at radius 2 is 1.48 bits per heavy atom. The van der Waals surface area contributed by atoms with E-state index in [2.05, 4.69) is 7.05 Å². The number of carbonyl (C=O) groups is 1. The molecule has 5 heteroatoms. The number of hydrogen-bond donors (Lipinski definition) is 1. The zero-order chi connectivity index (χ0) is 23.2. The Hall–Kier alpha value is -3.15. The maximum absolute atomic E-state index is 13.4. The number of piperidine rings is 1. The topological polar surface area (TPSA) is 55.8 Å². The van der Waals surface area contributed by atoms with E-state index in [1.165, 1.54) is 0 Å². The van der Waals surface area contributed by atoms with Crippen molar-refractivity contribution in [2.45, 2.75) is 24.5 Å². The average Bonchev–Trinajstić information content (AvgIpc) is 2.85. The highest BCUT2D eigenvalue weighted by Gasteiger charge is 2.44. The van der Waals surface area contributed by atoms with Crippen LogP contribution in [0.15, 0.2) is 91.0 Å². The lowest BCUT2D eigenvalue weighted by Gasteiger charge is -2.41. The second kappa shape index (κ2) is 10.2. The van der Waals surface area contributed by atoms with Crippen LogP contribution in [0.1, 0.15) is 24.0 Å². The van der Waals surface area contributed by atoms with Crippen LogP contribution in [0.3, 0.4) is 0 Å². The number of likely N-dealkylation sites (N-methyl/N-ethyl adjacent to an activating group) is 1. The molecule has 1 heterocycles. The minimum Gasteiger partial charge on any atom is -0.488 e. The molecule has 1 fully saturated rings. The van der Waals surface area contributed by atoms with Gasteiger partial charge in [0.05, 0.1) is 13.6 Å². The van der Waals surface area contributed by atoms with Gasteiger partial charge in [0.1, 0.15) is 25.4 Å². The third kappa shape index (κ3) is 5.44. The summed E-state index contributed by atoms with van der Waals surface area (Å²) in [5.74, 6) is 0.235. The molecule has 1 aliphatic rings. The van der Waals surface area contributed by atoms with Crippen LogP contribution >= 0.6 is 0 Å². The summed E-state index contributed by atoms with van der Waals surface area (Å²) in [5.41, 5.74) is -0.837. The lowest BCUT2D eigenvalue weighted by atomic mass is 9.86. The molecule has 0 bridgehead atoms. The summed E-state index contributed by atoms with van der Waals surface area (Å²) in [5, 5.41) is 11.7. The van der Waals surface area contributed by atoms with Gasteiger partial charge in [-0.05, 0) is 29.7 Å². The van der Waals surface area contributed by atoms with Crippen molar-refractivity contribution in [3.8, 4) is 5.75 Å². The lowest BCUT2D eigenvalue weighted by molar-refractivity contribution is -0.917. The zero-order valence-electron chi connectivity index (χ0n) is 19.1. The van der Waals surface area contributed by atoms with Crippen molar-refractivity contribution in [3.63, 3.8) is 0 Å². The Labute approximate surface area is 195 Å². The first-order valence-electron chi connectivity index (χ1n) is 11.6. The zero-order valence-corrected chi connectivity index (χ0v) is 19.1. The highest BCUT2D eigenvalue weighted by molar-refractivity contribution is 5.85. The lowest BCUT2D eigenvalue weighted by Crippen LogP contribution is -2.56. The number of ether oxygens (including phenoxy) is 2. The van der Waals surface area contributed by atoms with E-state index < -0.39 is 11.6 Å². The number of aliphatic hydroxyl groups is 1. The van der Waals surface area contributed by atoms with Gasteiger partial charge in [-0.2, -0.15) is 0 Å². The Morgan fingerprint density at radius 1 is 0.939 bits per heavy atom. The van der Waals surface area contributed by atoms with Gasteiger partial charge in [0.2, 0.25) is 5.60 Å². The quantitative estimate of drug-likeness (QED) is 0.417. The first-order valence-corrected chi connectivity index (χ1v) is 11.6. The number of carbonyl (C=O) groups excluding carboxylic acids is 1. The van der Waals surface area contributed by atoms with Gasteiger partial charge in [-0.3, -0.25) is 0 Å². The summed E-state index contributed by atoms with van der Waals surface area (Å²) < 4.78 is 12.6. The number of esters is 1. The molecule has 33 heavy (non-hydrogen) atoms. The summed E-state index contributed by atoms with van der Waals surface area (Å²) in [4.78, 5) is 13.4. The Kier molecular flexibility index (Phi) is 7.11. The minimum atomic E-state index is -1.85. The van der Waals surface area contributed by atoms with Gasteiger partial charge >= 0.3 is 5.97 Å². The van der Waals surface area contributed by atoms with Crippen LogP contribution in [0, 0.1) is 0 Å². The predicted molar refractivity (Wildman–Crippen MR) is 128 cm³/mol. The maximum atomic E-state index is 13.4. The molecule has 0 saturated carbocycles. The van der Waals surface area contributed by atoms with Crippen molar-refractivity contribution in [2.75, 3.05) is 33.3 Å².